The molecule has 0 bridgehead atoms. The molecule has 1 N–H and O–H groups in total. The molecule has 0 aromatic carbocycles. The van der Waals surface area contributed by atoms with E-state index in [1.807, 2.05) is 0 Å². The maximum atomic E-state index is 5.29. The first-order valence-electron chi connectivity index (χ1n) is 6.24. The van der Waals surface area contributed by atoms with Crippen LogP contribution >= 0.6 is 0 Å². The Hall–Kier alpha value is -2.28. The minimum Gasteiger partial charge on any atom is -0.334 e. The normalized spacial score (nSPS) is 15.2. The first-order chi connectivity index (χ1) is 9.40. The Balaban J connectivity index is 1.64. The highest BCUT2D eigenvalue weighted by molar-refractivity contribution is 5.73. The Morgan fingerprint density at radius 3 is 3.21 bits per heavy atom. The van der Waals surface area contributed by atoms with Crippen LogP contribution in [0.1, 0.15) is 18.7 Å². The predicted octanol–water partition coefficient (Wildman–Crippen LogP) is 1.03. The van der Waals surface area contributed by atoms with Crippen LogP contribution in [-0.2, 0) is 6.54 Å². The molecule has 1 aliphatic carbocycles. The third kappa shape index (κ3) is 1.97. The third-order valence-corrected chi connectivity index (χ3v) is 3.15. The molecule has 3 aromatic rings. The molecule has 0 atom stereocenters. The van der Waals surface area contributed by atoms with Crippen molar-refractivity contribution in [1.29, 1.82) is 0 Å². The van der Waals surface area contributed by atoms with Gasteiger partial charge in [0.15, 0.2) is 5.82 Å². The van der Waals surface area contributed by atoms with Gasteiger partial charge in [0.05, 0.1) is 30.0 Å². The van der Waals surface area contributed by atoms with Crippen LogP contribution in [0.25, 0.3) is 17.0 Å². The first kappa shape index (κ1) is 10.6. The zero-order valence-electron chi connectivity index (χ0n) is 10.2. The number of fused-ring (bicyclic) bond motifs is 1. The fourth-order valence-electron chi connectivity index (χ4n) is 1.96. The topological polar surface area (TPSA) is 81.1 Å². The van der Waals surface area contributed by atoms with Crippen molar-refractivity contribution in [2.24, 2.45) is 0 Å². The molecule has 0 unspecified atom stereocenters. The zero-order valence-corrected chi connectivity index (χ0v) is 10.2. The molecule has 0 spiro atoms. The highest BCUT2D eigenvalue weighted by atomic mass is 16.5. The van der Waals surface area contributed by atoms with Gasteiger partial charge >= 0.3 is 0 Å². The predicted molar refractivity (Wildman–Crippen MR) is 66.1 cm³/mol. The van der Waals surface area contributed by atoms with Crippen molar-refractivity contribution >= 4 is 5.52 Å². The van der Waals surface area contributed by atoms with Gasteiger partial charge in [-0.1, -0.05) is 5.16 Å². The van der Waals surface area contributed by atoms with Crippen LogP contribution in [0.5, 0.6) is 0 Å². The molecule has 1 aliphatic rings. The molecule has 7 nitrogen and oxygen atoms in total. The summed E-state index contributed by atoms with van der Waals surface area (Å²) >= 11 is 0. The number of nitrogens with one attached hydrogen (secondary N) is 1. The monoisotopic (exact) mass is 256 g/mol. The molecule has 0 amide bonds. The summed E-state index contributed by atoms with van der Waals surface area (Å²) < 4.78 is 7.02. The van der Waals surface area contributed by atoms with Crippen LogP contribution in [0.2, 0.25) is 0 Å². The van der Waals surface area contributed by atoms with E-state index in [-0.39, 0.29) is 0 Å². The Labute approximate surface area is 108 Å². The molecule has 96 valence electrons. The van der Waals surface area contributed by atoms with Crippen molar-refractivity contribution in [3.63, 3.8) is 0 Å². The molecule has 19 heavy (non-hydrogen) atoms. The van der Waals surface area contributed by atoms with E-state index >= 15 is 0 Å². The van der Waals surface area contributed by atoms with Crippen LogP contribution in [-0.4, -0.2) is 30.8 Å². The zero-order chi connectivity index (χ0) is 12.7. The number of hydrogen-bond donors (Lipinski definition) is 1. The Morgan fingerprint density at radius 1 is 1.37 bits per heavy atom. The summed E-state index contributed by atoms with van der Waals surface area (Å²) in [6, 6.07) is 0.628. The average molecular weight is 256 g/mol. The second-order valence-corrected chi connectivity index (χ2v) is 4.64. The molecule has 1 fully saturated rings. The highest BCUT2D eigenvalue weighted by Crippen LogP contribution is 2.22. The number of rotatable bonds is 4. The van der Waals surface area contributed by atoms with Gasteiger partial charge in [-0.25, -0.2) is 4.52 Å². The van der Waals surface area contributed by atoms with Crippen molar-refractivity contribution < 1.29 is 4.52 Å². The third-order valence-electron chi connectivity index (χ3n) is 3.15. The lowest BCUT2D eigenvalue weighted by Gasteiger charge is -1.94. The number of hydrogen-bond acceptors (Lipinski definition) is 6. The second kappa shape index (κ2) is 4.13. The fraction of sp³-hybridized carbons (Fsp3) is 0.333. The maximum Gasteiger partial charge on any atom is 0.261 e. The van der Waals surface area contributed by atoms with Crippen molar-refractivity contribution in [1.82, 2.24) is 30.1 Å². The van der Waals surface area contributed by atoms with Crippen molar-refractivity contribution in [3.05, 3.63) is 30.6 Å². The summed E-state index contributed by atoms with van der Waals surface area (Å²) in [5.74, 6) is 1.15. The van der Waals surface area contributed by atoms with E-state index in [9.17, 15) is 0 Å². The van der Waals surface area contributed by atoms with Gasteiger partial charge in [-0.15, -0.1) is 0 Å². The minimum atomic E-state index is 0.482. The lowest BCUT2D eigenvalue weighted by molar-refractivity contribution is 0.419. The summed E-state index contributed by atoms with van der Waals surface area (Å²) in [5, 5.41) is 11.5. The lowest BCUT2D eigenvalue weighted by Crippen LogP contribution is -2.16. The highest BCUT2D eigenvalue weighted by Gasteiger charge is 2.21. The largest absolute Gasteiger partial charge is 0.334 e. The molecule has 3 aromatic heterocycles. The minimum absolute atomic E-state index is 0.482. The van der Waals surface area contributed by atoms with E-state index in [1.54, 1.807) is 29.3 Å². The quantitative estimate of drug-likeness (QED) is 0.751. The molecule has 4 rings (SSSR count). The van der Waals surface area contributed by atoms with Crippen molar-refractivity contribution in [2.75, 3.05) is 0 Å². The van der Waals surface area contributed by atoms with Crippen LogP contribution in [0.3, 0.4) is 0 Å². The maximum absolute atomic E-state index is 5.29. The number of nitrogens with zero attached hydrogens (tertiary/aromatic N) is 5. The van der Waals surface area contributed by atoms with Gasteiger partial charge in [0.1, 0.15) is 0 Å². The van der Waals surface area contributed by atoms with Crippen LogP contribution < -0.4 is 5.32 Å². The van der Waals surface area contributed by atoms with Gasteiger partial charge < -0.3 is 9.84 Å². The summed E-state index contributed by atoms with van der Waals surface area (Å²) in [4.78, 5) is 8.46. The van der Waals surface area contributed by atoms with E-state index in [2.05, 4.69) is 25.5 Å². The fourth-order valence-corrected chi connectivity index (χ4v) is 1.96. The van der Waals surface area contributed by atoms with Gasteiger partial charge in [0.25, 0.3) is 5.89 Å². The number of aromatic nitrogens is 5. The van der Waals surface area contributed by atoms with E-state index in [0.717, 1.165) is 11.1 Å². The van der Waals surface area contributed by atoms with Gasteiger partial charge in [-0.05, 0) is 12.8 Å². The Kier molecular flexibility index (Phi) is 2.31. The van der Waals surface area contributed by atoms with Gasteiger partial charge in [0.2, 0.25) is 0 Å². The molecular formula is C12H12N6O. The lowest BCUT2D eigenvalue weighted by atomic mass is 10.3. The molecule has 0 radical (unpaired) electrons. The summed E-state index contributed by atoms with van der Waals surface area (Å²) in [6.45, 7) is 0.644. The van der Waals surface area contributed by atoms with E-state index in [0.29, 0.717) is 24.3 Å². The molecule has 3 heterocycles. The van der Waals surface area contributed by atoms with Crippen molar-refractivity contribution in [2.45, 2.75) is 25.4 Å². The summed E-state index contributed by atoms with van der Waals surface area (Å²) in [7, 11) is 0. The summed E-state index contributed by atoms with van der Waals surface area (Å²) in [5.41, 5.74) is 1.66. The van der Waals surface area contributed by atoms with E-state index < -0.39 is 0 Å². The smallest absolute Gasteiger partial charge is 0.261 e. The molecule has 1 saturated carbocycles. The van der Waals surface area contributed by atoms with E-state index in [1.165, 1.54) is 12.8 Å². The second-order valence-electron chi connectivity index (χ2n) is 4.64. The van der Waals surface area contributed by atoms with Gasteiger partial charge in [0, 0.05) is 18.4 Å². The SMILES string of the molecule is c1cn2ncc(-c3nc(CNC4CC4)no3)c2cn1. The van der Waals surface area contributed by atoms with Gasteiger partial charge in [-0.2, -0.15) is 10.1 Å². The first-order valence-corrected chi connectivity index (χ1v) is 6.24. The summed E-state index contributed by atoms with van der Waals surface area (Å²) in [6.07, 6.45) is 9.39. The van der Waals surface area contributed by atoms with Crippen LogP contribution in [0.15, 0.2) is 29.3 Å². The Bertz CT molecular complexity index is 714. The molecule has 0 aliphatic heterocycles. The van der Waals surface area contributed by atoms with E-state index in [4.69, 9.17) is 4.52 Å². The molecule has 7 heteroatoms. The Morgan fingerprint density at radius 2 is 2.32 bits per heavy atom. The molecular weight excluding hydrogens is 244 g/mol. The van der Waals surface area contributed by atoms with Crippen molar-refractivity contribution in [3.8, 4) is 11.5 Å². The standard InChI is InChI=1S/C12H12N6O/c1-2-8(1)14-7-11-16-12(19-17-11)9-5-15-18-4-3-13-6-10(9)18/h3-6,8,14H,1-2,7H2. The average Bonchev–Trinajstić information content (AvgIpc) is 3.00. The molecule has 0 saturated heterocycles. The van der Waals surface area contributed by atoms with Gasteiger partial charge in [-0.3, -0.25) is 4.98 Å². The van der Waals surface area contributed by atoms with Crippen LogP contribution in [0.4, 0.5) is 0 Å². The van der Waals surface area contributed by atoms with Crippen LogP contribution in [0, 0.1) is 0 Å².